The molecule has 1 aliphatic rings. The lowest BCUT2D eigenvalue weighted by atomic mass is 10.1. The molecule has 0 saturated carbocycles. The number of oxazole rings is 1. The van der Waals surface area contributed by atoms with Crippen molar-refractivity contribution in [2.45, 2.75) is 27.2 Å². The quantitative estimate of drug-likeness (QED) is 0.671. The summed E-state index contributed by atoms with van der Waals surface area (Å²) in [5.74, 6) is 1.06. The summed E-state index contributed by atoms with van der Waals surface area (Å²) in [6, 6.07) is 7.61. The molecule has 3 aromatic rings. The van der Waals surface area contributed by atoms with Crippen molar-refractivity contribution in [3.8, 4) is 5.75 Å². The smallest absolute Gasteiger partial charge is 0.416 e. The Morgan fingerprint density at radius 3 is 2.66 bits per heavy atom. The minimum atomic E-state index is -0.528. The molecule has 1 aliphatic carbocycles. The Labute approximate surface area is 168 Å². The summed E-state index contributed by atoms with van der Waals surface area (Å²) in [5, 5.41) is 2.83. The van der Waals surface area contributed by atoms with E-state index in [4.69, 9.17) is 9.15 Å². The number of hydrogen-bond donors (Lipinski definition) is 1. The second kappa shape index (κ2) is 7.75. The molecule has 1 amide bonds. The van der Waals surface area contributed by atoms with Gasteiger partial charge in [0.25, 0.3) is 0 Å². The first-order valence-corrected chi connectivity index (χ1v) is 9.34. The van der Waals surface area contributed by atoms with E-state index in [9.17, 15) is 4.79 Å². The number of pyridine rings is 1. The molecule has 6 nitrogen and oxygen atoms in total. The van der Waals surface area contributed by atoms with Crippen LogP contribution in [0.2, 0.25) is 0 Å². The van der Waals surface area contributed by atoms with Gasteiger partial charge in [-0.2, -0.15) is 4.98 Å². The van der Waals surface area contributed by atoms with Crippen LogP contribution in [-0.4, -0.2) is 16.1 Å². The van der Waals surface area contributed by atoms with Crippen LogP contribution in [0.4, 0.5) is 4.79 Å². The van der Waals surface area contributed by atoms with Gasteiger partial charge in [-0.05, 0) is 50.1 Å². The van der Waals surface area contributed by atoms with Gasteiger partial charge in [-0.1, -0.05) is 35.9 Å². The van der Waals surface area contributed by atoms with E-state index in [1.165, 1.54) is 0 Å². The van der Waals surface area contributed by atoms with Crippen molar-refractivity contribution in [2.24, 2.45) is 0 Å². The molecule has 0 bridgehead atoms. The molecular formula is C23H21N3O3. The Kier molecular flexibility index (Phi) is 4.99. The van der Waals surface area contributed by atoms with Gasteiger partial charge in [-0.3, -0.25) is 5.32 Å². The molecule has 0 unspecified atom stereocenters. The number of aromatic nitrogens is 2. The number of rotatable bonds is 3. The third-order valence-electron chi connectivity index (χ3n) is 4.59. The fourth-order valence-corrected chi connectivity index (χ4v) is 3.38. The van der Waals surface area contributed by atoms with Gasteiger partial charge < -0.3 is 9.15 Å². The molecule has 146 valence electrons. The molecule has 4 rings (SSSR count). The zero-order valence-corrected chi connectivity index (χ0v) is 16.5. The fourth-order valence-electron chi connectivity index (χ4n) is 3.38. The lowest BCUT2D eigenvalue weighted by Gasteiger charge is -2.14. The van der Waals surface area contributed by atoms with Gasteiger partial charge in [0.15, 0.2) is 11.2 Å². The van der Waals surface area contributed by atoms with Crippen molar-refractivity contribution >= 4 is 22.9 Å². The monoisotopic (exact) mass is 387 g/mol. The van der Waals surface area contributed by atoms with Gasteiger partial charge >= 0.3 is 6.09 Å². The lowest BCUT2D eigenvalue weighted by Crippen LogP contribution is -2.27. The number of amides is 1. The zero-order chi connectivity index (χ0) is 20.4. The van der Waals surface area contributed by atoms with Gasteiger partial charge in [0.1, 0.15) is 5.75 Å². The number of nitrogens with one attached hydrogen (secondary N) is 1. The van der Waals surface area contributed by atoms with Crippen LogP contribution in [-0.2, 0) is 0 Å². The van der Waals surface area contributed by atoms with Crippen LogP contribution < -0.4 is 10.1 Å². The van der Waals surface area contributed by atoms with Crippen LogP contribution in [0, 0.1) is 20.8 Å². The molecule has 29 heavy (non-hydrogen) atoms. The minimum absolute atomic E-state index is 0.445. The van der Waals surface area contributed by atoms with Crippen molar-refractivity contribution in [2.75, 3.05) is 0 Å². The number of benzene rings is 1. The Morgan fingerprint density at radius 2 is 1.90 bits per heavy atom. The number of carbonyl (C=O) groups is 1. The molecule has 0 spiro atoms. The molecule has 6 heteroatoms. The molecule has 0 saturated heterocycles. The van der Waals surface area contributed by atoms with Crippen LogP contribution in [0.25, 0.3) is 16.8 Å². The highest BCUT2D eigenvalue weighted by molar-refractivity contribution is 5.77. The van der Waals surface area contributed by atoms with Crippen molar-refractivity contribution in [1.82, 2.24) is 15.3 Å². The average molecular weight is 387 g/mol. The Morgan fingerprint density at radius 1 is 1.14 bits per heavy atom. The van der Waals surface area contributed by atoms with Crippen molar-refractivity contribution in [1.29, 1.82) is 0 Å². The van der Waals surface area contributed by atoms with E-state index in [0.717, 1.165) is 22.3 Å². The third kappa shape index (κ3) is 4.11. The number of nitrogens with zero attached hydrogens (tertiary/aromatic N) is 2. The number of allylic oxidation sites excluding steroid dienone is 5. The Balaban J connectivity index is 1.49. The molecule has 0 radical (unpaired) electrons. The van der Waals surface area contributed by atoms with Crippen molar-refractivity contribution < 1.29 is 13.9 Å². The van der Waals surface area contributed by atoms with E-state index >= 15 is 0 Å². The maximum absolute atomic E-state index is 12.5. The molecule has 0 aliphatic heterocycles. The highest BCUT2D eigenvalue weighted by Gasteiger charge is 2.17. The largest absolute Gasteiger partial charge is 0.435 e. The van der Waals surface area contributed by atoms with E-state index in [2.05, 4.69) is 15.3 Å². The van der Waals surface area contributed by atoms with Gasteiger partial charge in [0.2, 0.25) is 5.89 Å². The van der Waals surface area contributed by atoms with E-state index in [-0.39, 0.29) is 0 Å². The Bertz CT molecular complexity index is 1130. The summed E-state index contributed by atoms with van der Waals surface area (Å²) in [4.78, 5) is 21.1. The van der Waals surface area contributed by atoms with Crippen LogP contribution in [0.15, 0.2) is 64.9 Å². The standard InChI is InChI=1S/C23H21N3O3/c1-14-11-15(2)20(16(3)12-14)29-23(27)25-18-8-5-4-7-17(13-18)22-26-21-19(28-22)9-6-10-24-21/h4-12H,13H2,1-3H3,(H,25,27). The van der Waals surface area contributed by atoms with E-state index < -0.39 is 6.09 Å². The summed E-state index contributed by atoms with van der Waals surface area (Å²) < 4.78 is 11.4. The minimum Gasteiger partial charge on any atom is -0.435 e. The molecule has 2 aromatic heterocycles. The highest BCUT2D eigenvalue weighted by atomic mass is 16.6. The summed E-state index contributed by atoms with van der Waals surface area (Å²) in [6.07, 6.45) is 9.07. The molecule has 1 aromatic carbocycles. The Hall–Kier alpha value is -3.67. The van der Waals surface area contributed by atoms with E-state index in [1.54, 1.807) is 12.3 Å². The molecular weight excluding hydrogens is 366 g/mol. The third-order valence-corrected chi connectivity index (χ3v) is 4.59. The summed E-state index contributed by atoms with van der Waals surface area (Å²) >= 11 is 0. The van der Waals surface area contributed by atoms with E-state index in [0.29, 0.717) is 35.0 Å². The molecule has 0 fully saturated rings. The second-order valence-corrected chi connectivity index (χ2v) is 7.03. The topological polar surface area (TPSA) is 77.2 Å². The van der Waals surface area contributed by atoms with Crippen molar-refractivity contribution in [3.05, 3.63) is 83.0 Å². The van der Waals surface area contributed by atoms with Gasteiger partial charge in [-0.15, -0.1) is 0 Å². The van der Waals surface area contributed by atoms with Gasteiger partial charge in [0.05, 0.1) is 0 Å². The predicted molar refractivity (Wildman–Crippen MR) is 111 cm³/mol. The van der Waals surface area contributed by atoms with Crippen LogP contribution in [0.1, 0.15) is 29.0 Å². The average Bonchev–Trinajstić information content (AvgIpc) is 2.97. The summed E-state index contributed by atoms with van der Waals surface area (Å²) in [7, 11) is 0. The van der Waals surface area contributed by atoms with Gasteiger partial charge in [-0.25, -0.2) is 9.78 Å². The highest BCUT2D eigenvalue weighted by Crippen LogP contribution is 2.27. The van der Waals surface area contributed by atoms with Crippen molar-refractivity contribution in [3.63, 3.8) is 0 Å². The number of aryl methyl sites for hydroxylation is 3. The first-order chi connectivity index (χ1) is 14.0. The maximum Gasteiger partial charge on any atom is 0.416 e. The normalized spacial score (nSPS) is 13.6. The van der Waals surface area contributed by atoms with Crippen LogP contribution >= 0.6 is 0 Å². The number of carbonyl (C=O) groups excluding carboxylic acids is 1. The first kappa shape index (κ1) is 18.7. The second-order valence-electron chi connectivity index (χ2n) is 7.03. The lowest BCUT2D eigenvalue weighted by molar-refractivity contribution is 0.202. The predicted octanol–water partition coefficient (Wildman–Crippen LogP) is 5.16. The summed E-state index contributed by atoms with van der Waals surface area (Å²) in [5.41, 5.74) is 5.68. The molecule has 0 atom stereocenters. The number of ether oxygens (including phenoxy) is 1. The number of hydrogen-bond acceptors (Lipinski definition) is 5. The first-order valence-electron chi connectivity index (χ1n) is 9.34. The number of fused-ring (bicyclic) bond motifs is 1. The summed E-state index contributed by atoms with van der Waals surface area (Å²) in [6.45, 7) is 5.87. The zero-order valence-electron chi connectivity index (χ0n) is 16.5. The van der Waals surface area contributed by atoms with E-state index in [1.807, 2.05) is 63.3 Å². The maximum atomic E-state index is 12.5. The fraction of sp³-hybridized carbons (Fsp3) is 0.174. The van der Waals surface area contributed by atoms with Crippen LogP contribution in [0.5, 0.6) is 5.75 Å². The molecule has 1 N–H and O–H groups in total. The van der Waals surface area contributed by atoms with Crippen LogP contribution in [0.3, 0.4) is 0 Å². The van der Waals surface area contributed by atoms with Gasteiger partial charge in [0, 0.05) is 23.9 Å². The molecule has 2 heterocycles. The SMILES string of the molecule is Cc1cc(C)c(OC(=O)NC2=CC=CC=C(c3nc4ncccc4o3)C2)c(C)c1.